The first kappa shape index (κ1) is 25.7. The van der Waals surface area contributed by atoms with Crippen LogP contribution in [-0.4, -0.2) is 43.9 Å². The molecule has 2 aromatic heterocycles. The van der Waals surface area contributed by atoms with Gasteiger partial charge in [0.05, 0.1) is 24.1 Å². The molecule has 2 amide bonds. The van der Waals surface area contributed by atoms with Crippen molar-refractivity contribution in [2.45, 2.75) is 46.1 Å². The molecule has 198 valence electrons. The average Bonchev–Trinajstić information content (AvgIpc) is 3.53. The van der Waals surface area contributed by atoms with Gasteiger partial charge in [-0.05, 0) is 68.4 Å². The number of aliphatic hydroxyl groups excluding tert-OH is 1. The quantitative estimate of drug-likeness (QED) is 0.392. The summed E-state index contributed by atoms with van der Waals surface area (Å²) >= 11 is 0. The van der Waals surface area contributed by atoms with Crippen LogP contribution in [0.25, 0.3) is 11.1 Å². The molecule has 2 fully saturated rings. The van der Waals surface area contributed by atoms with E-state index in [-0.39, 0.29) is 30.8 Å². The number of pyridine rings is 1. The number of hydrogen-bond donors (Lipinski definition) is 3. The van der Waals surface area contributed by atoms with Gasteiger partial charge in [0.25, 0.3) is 0 Å². The first-order valence-corrected chi connectivity index (χ1v) is 12.7. The van der Waals surface area contributed by atoms with Crippen molar-refractivity contribution in [1.82, 2.24) is 14.8 Å². The zero-order valence-electron chi connectivity index (χ0n) is 21.7. The summed E-state index contributed by atoms with van der Waals surface area (Å²) in [5.74, 6) is -0.396. The smallest absolute Gasteiger partial charge is 0.239 e. The van der Waals surface area contributed by atoms with Crippen LogP contribution < -0.4 is 10.2 Å². The van der Waals surface area contributed by atoms with Gasteiger partial charge in [-0.1, -0.05) is 6.07 Å². The molecule has 3 aromatic rings. The molecule has 9 nitrogen and oxygen atoms in total. The maximum absolute atomic E-state index is 14.4. The summed E-state index contributed by atoms with van der Waals surface area (Å²) < 4.78 is 16.0. The molecule has 0 radical (unpaired) electrons. The topological polar surface area (TPSA) is 124 Å². The number of halogens is 1. The number of nitrogens with zero attached hydrogens (tertiary/aromatic N) is 4. The Morgan fingerprint density at radius 1 is 1.26 bits per heavy atom. The standard InChI is InChI=1S/C28H31FN6O3/c1-16-8-22(35-7-6-28(17(2)30,27(35)38)20-4-5-20)13-25(31-16)32-26(37)11-18-9-19(12-21(29)10-18)23-14-34(3)33-24(23)15-36/h8-10,12-14,20,30,36H,4-7,11,15H2,1-3H3,(H,31,32,37)/t28-/m1/s1. The minimum absolute atomic E-state index is 0.0553. The van der Waals surface area contributed by atoms with Gasteiger partial charge in [0, 0.05) is 48.5 Å². The Morgan fingerprint density at radius 2 is 2.03 bits per heavy atom. The van der Waals surface area contributed by atoms with E-state index in [1.165, 1.54) is 12.1 Å². The fourth-order valence-corrected chi connectivity index (χ4v) is 5.64. The van der Waals surface area contributed by atoms with Crippen molar-refractivity contribution in [2.24, 2.45) is 18.4 Å². The highest BCUT2D eigenvalue weighted by Gasteiger charge is 2.57. The van der Waals surface area contributed by atoms with Crippen LogP contribution in [-0.2, 0) is 29.7 Å². The first-order chi connectivity index (χ1) is 18.1. The molecule has 5 rings (SSSR count). The van der Waals surface area contributed by atoms with Crippen LogP contribution in [0.3, 0.4) is 0 Å². The molecule has 1 saturated carbocycles. The van der Waals surface area contributed by atoms with E-state index >= 15 is 0 Å². The largest absolute Gasteiger partial charge is 0.390 e. The number of anilines is 2. The van der Waals surface area contributed by atoms with Gasteiger partial charge >= 0.3 is 0 Å². The maximum atomic E-state index is 14.4. The summed E-state index contributed by atoms with van der Waals surface area (Å²) in [5, 5.41) is 24.9. The lowest BCUT2D eigenvalue weighted by Crippen LogP contribution is -2.41. The molecule has 10 heteroatoms. The van der Waals surface area contributed by atoms with Crippen LogP contribution in [0.15, 0.2) is 36.5 Å². The van der Waals surface area contributed by atoms with Gasteiger partial charge in [0.15, 0.2) is 0 Å². The van der Waals surface area contributed by atoms with E-state index < -0.39 is 11.2 Å². The van der Waals surface area contributed by atoms with Crippen LogP contribution in [0.4, 0.5) is 15.9 Å². The van der Waals surface area contributed by atoms with Gasteiger partial charge in [-0.2, -0.15) is 5.10 Å². The second-order valence-corrected chi connectivity index (χ2v) is 10.3. The van der Waals surface area contributed by atoms with Crippen LogP contribution in [0.5, 0.6) is 0 Å². The Kier molecular flexibility index (Phi) is 6.60. The minimum Gasteiger partial charge on any atom is -0.390 e. The summed E-state index contributed by atoms with van der Waals surface area (Å²) in [4.78, 5) is 32.5. The molecular weight excluding hydrogens is 487 g/mol. The number of carbonyl (C=O) groups is 2. The second kappa shape index (κ2) is 9.75. The molecule has 1 aromatic carbocycles. The van der Waals surface area contributed by atoms with Gasteiger partial charge < -0.3 is 20.7 Å². The van der Waals surface area contributed by atoms with Crippen molar-refractivity contribution in [3.05, 3.63) is 59.3 Å². The number of aryl methyl sites for hydroxylation is 2. The van der Waals surface area contributed by atoms with Crippen molar-refractivity contribution in [3.8, 4) is 11.1 Å². The number of aromatic nitrogens is 3. The third-order valence-electron chi connectivity index (χ3n) is 7.51. The molecule has 1 aliphatic carbocycles. The van der Waals surface area contributed by atoms with Crippen molar-refractivity contribution in [1.29, 1.82) is 5.41 Å². The SMILES string of the molecule is CC(=N)[C@@]1(C2CC2)CCN(c2cc(C)nc(NC(=O)Cc3cc(F)cc(-c4cn(C)nc4CO)c3)c2)C1=O. The molecule has 3 N–H and O–H groups in total. The molecule has 1 aliphatic heterocycles. The van der Waals surface area contributed by atoms with Gasteiger partial charge in [-0.3, -0.25) is 14.3 Å². The fraction of sp³-hybridized carbons (Fsp3) is 0.393. The van der Waals surface area contributed by atoms with Gasteiger partial charge in [0.2, 0.25) is 11.8 Å². The number of rotatable bonds is 8. The summed E-state index contributed by atoms with van der Waals surface area (Å²) in [6.45, 7) is 3.74. The molecule has 1 atom stereocenters. The predicted molar refractivity (Wildman–Crippen MR) is 141 cm³/mol. The van der Waals surface area contributed by atoms with Crippen LogP contribution >= 0.6 is 0 Å². The first-order valence-electron chi connectivity index (χ1n) is 12.7. The lowest BCUT2D eigenvalue weighted by atomic mass is 9.77. The van der Waals surface area contributed by atoms with E-state index in [0.717, 1.165) is 12.8 Å². The highest BCUT2D eigenvalue weighted by atomic mass is 19.1. The van der Waals surface area contributed by atoms with Crippen LogP contribution in [0.1, 0.15) is 43.1 Å². The molecule has 3 heterocycles. The molecular formula is C28H31FN6O3. The van der Waals surface area contributed by atoms with E-state index in [4.69, 9.17) is 5.41 Å². The number of carbonyl (C=O) groups excluding carboxylic acids is 2. The zero-order chi connectivity index (χ0) is 27.2. The van der Waals surface area contributed by atoms with Crippen molar-refractivity contribution in [2.75, 3.05) is 16.8 Å². The fourth-order valence-electron chi connectivity index (χ4n) is 5.64. The molecule has 2 aliphatic rings. The van der Waals surface area contributed by atoms with Crippen molar-refractivity contribution in [3.63, 3.8) is 0 Å². The molecule has 38 heavy (non-hydrogen) atoms. The number of hydrogen-bond acceptors (Lipinski definition) is 6. The highest BCUT2D eigenvalue weighted by molar-refractivity contribution is 6.15. The van der Waals surface area contributed by atoms with Gasteiger partial charge in [0.1, 0.15) is 11.6 Å². The maximum Gasteiger partial charge on any atom is 0.239 e. The number of benzene rings is 1. The van der Waals surface area contributed by atoms with Crippen LogP contribution in [0.2, 0.25) is 0 Å². The summed E-state index contributed by atoms with van der Waals surface area (Å²) in [7, 11) is 1.72. The summed E-state index contributed by atoms with van der Waals surface area (Å²) in [6.07, 6.45) is 4.16. The number of nitrogens with one attached hydrogen (secondary N) is 2. The Balaban J connectivity index is 1.34. The molecule has 1 saturated heterocycles. The van der Waals surface area contributed by atoms with Gasteiger partial charge in [-0.15, -0.1) is 0 Å². The van der Waals surface area contributed by atoms with Crippen LogP contribution in [0, 0.1) is 29.5 Å². The Bertz CT molecular complexity index is 1450. The number of aliphatic hydroxyl groups is 1. The lowest BCUT2D eigenvalue weighted by molar-refractivity contribution is -0.123. The monoisotopic (exact) mass is 518 g/mol. The average molecular weight is 519 g/mol. The zero-order valence-corrected chi connectivity index (χ0v) is 21.7. The van der Waals surface area contributed by atoms with E-state index in [9.17, 15) is 19.1 Å². The number of amides is 2. The summed E-state index contributed by atoms with van der Waals surface area (Å²) in [6, 6.07) is 7.82. The Labute approximate surface area is 220 Å². The molecule has 0 spiro atoms. The highest BCUT2D eigenvalue weighted by Crippen LogP contribution is 2.53. The summed E-state index contributed by atoms with van der Waals surface area (Å²) in [5.41, 5.74) is 2.98. The van der Waals surface area contributed by atoms with E-state index in [0.29, 0.717) is 58.3 Å². The lowest BCUT2D eigenvalue weighted by Gasteiger charge is -2.27. The minimum atomic E-state index is -0.722. The third kappa shape index (κ3) is 4.71. The second-order valence-electron chi connectivity index (χ2n) is 10.3. The third-order valence-corrected chi connectivity index (χ3v) is 7.51. The predicted octanol–water partition coefficient (Wildman–Crippen LogP) is 3.78. The van der Waals surface area contributed by atoms with Crippen molar-refractivity contribution >= 4 is 29.0 Å². The van der Waals surface area contributed by atoms with Crippen molar-refractivity contribution < 1.29 is 19.1 Å². The molecule has 0 unspecified atom stereocenters. The van der Waals surface area contributed by atoms with Gasteiger partial charge in [-0.25, -0.2) is 9.37 Å². The van der Waals surface area contributed by atoms with E-state index in [1.807, 2.05) is 0 Å². The Hall–Kier alpha value is -3.92. The van der Waals surface area contributed by atoms with E-state index in [1.54, 1.807) is 54.9 Å². The normalized spacial score (nSPS) is 19.2. The van der Waals surface area contributed by atoms with E-state index in [2.05, 4.69) is 15.4 Å². The Morgan fingerprint density at radius 3 is 2.71 bits per heavy atom. The molecule has 0 bridgehead atoms.